The van der Waals surface area contributed by atoms with Gasteiger partial charge in [0.05, 0.1) is 24.5 Å². The molecule has 8 heteroatoms. The molecule has 2 N–H and O–H groups in total. The molecule has 2 aromatic rings. The molecule has 0 bridgehead atoms. The predicted octanol–water partition coefficient (Wildman–Crippen LogP) is 3.17. The highest BCUT2D eigenvalue weighted by atomic mass is 32.2. The molecule has 0 spiro atoms. The second-order valence-electron chi connectivity index (χ2n) is 6.69. The van der Waals surface area contributed by atoms with E-state index in [0.29, 0.717) is 24.5 Å². The Morgan fingerprint density at radius 3 is 2.61 bits per heavy atom. The topological polar surface area (TPSA) is 93.7 Å². The van der Waals surface area contributed by atoms with E-state index in [2.05, 4.69) is 10.0 Å². The zero-order chi connectivity index (χ0) is 20.1. The standard InChI is InChI=1S/C20H24N2O5S/c1-14-5-8-16(9-6-14)22-28(24,25)19-12-15(20(23)26-2)7-10-18(19)21-13-17-4-3-11-27-17/h5-10,12,17,21-22H,3-4,11,13H2,1-2H3/t17-/m0/s1. The summed E-state index contributed by atoms with van der Waals surface area (Å²) in [6.45, 7) is 3.13. The van der Waals surface area contributed by atoms with Crippen LogP contribution in [-0.4, -0.2) is 40.8 Å². The predicted molar refractivity (Wildman–Crippen MR) is 107 cm³/mol. The van der Waals surface area contributed by atoms with Crippen molar-refractivity contribution >= 4 is 27.4 Å². The van der Waals surface area contributed by atoms with E-state index >= 15 is 0 Å². The minimum absolute atomic E-state index is 0.0195. The second kappa shape index (κ2) is 8.62. The summed E-state index contributed by atoms with van der Waals surface area (Å²) in [6.07, 6.45) is 1.96. The Morgan fingerprint density at radius 2 is 1.96 bits per heavy atom. The van der Waals surface area contributed by atoms with Gasteiger partial charge in [-0.25, -0.2) is 13.2 Å². The largest absolute Gasteiger partial charge is 0.465 e. The number of aryl methyl sites for hydroxylation is 1. The number of hydrogen-bond acceptors (Lipinski definition) is 6. The molecule has 1 aliphatic heterocycles. The molecule has 0 aromatic heterocycles. The summed E-state index contributed by atoms with van der Waals surface area (Å²) in [7, 11) is -2.67. The first-order valence-corrected chi connectivity index (χ1v) is 10.5. The summed E-state index contributed by atoms with van der Waals surface area (Å²) in [5.41, 5.74) is 2.03. The lowest BCUT2D eigenvalue weighted by molar-refractivity contribution is 0.0600. The number of carbonyl (C=O) groups excluding carboxylic acids is 1. The molecule has 28 heavy (non-hydrogen) atoms. The highest BCUT2D eigenvalue weighted by Gasteiger charge is 2.23. The number of rotatable bonds is 7. The van der Waals surface area contributed by atoms with Gasteiger partial charge >= 0.3 is 5.97 Å². The number of sulfonamides is 1. The van der Waals surface area contributed by atoms with Gasteiger partial charge in [0.25, 0.3) is 10.0 Å². The van der Waals surface area contributed by atoms with Gasteiger partial charge in [-0.05, 0) is 50.1 Å². The van der Waals surface area contributed by atoms with Crippen LogP contribution in [0.15, 0.2) is 47.4 Å². The number of carbonyl (C=O) groups is 1. The van der Waals surface area contributed by atoms with E-state index in [0.717, 1.165) is 18.4 Å². The molecule has 0 amide bonds. The molecule has 1 atom stereocenters. The summed E-state index contributed by atoms with van der Waals surface area (Å²) in [5.74, 6) is -0.600. The van der Waals surface area contributed by atoms with Crippen molar-refractivity contribution in [1.29, 1.82) is 0 Å². The summed E-state index contributed by atoms with van der Waals surface area (Å²) in [5, 5.41) is 3.14. The van der Waals surface area contributed by atoms with Gasteiger partial charge < -0.3 is 14.8 Å². The monoisotopic (exact) mass is 404 g/mol. The number of benzene rings is 2. The van der Waals surface area contributed by atoms with E-state index < -0.39 is 16.0 Å². The molecule has 150 valence electrons. The summed E-state index contributed by atoms with van der Waals surface area (Å²) < 4.78 is 38.9. The molecule has 2 aromatic carbocycles. The summed E-state index contributed by atoms with van der Waals surface area (Å²) >= 11 is 0. The van der Waals surface area contributed by atoms with Crippen molar-refractivity contribution < 1.29 is 22.7 Å². The van der Waals surface area contributed by atoms with Gasteiger partial charge in [-0.1, -0.05) is 17.7 Å². The van der Waals surface area contributed by atoms with Crippen LogP contribution >= 0.6 is 0 Å². The van der Waals surface area contributed by atoms with Gasteiger partial charge in [-0.15, -0.1) is 0 Å². The second-order valence-corrected chi connectivity index (χ2v) is 8.34. The Labute approximate surface area is 165 Å². The molecule has 1 saturated heterocycles. The first kappa shape index (κ1) is 20.2. The molecule has 3 rings (SSSR count). The van der Waals surface area contributed by atoms with Gasteiger partial charge in [0.1, 0.15) is 4.90 Å². The van der Waals surface area contributed by atoms with E-state index in [-0.39, 0.29) is 16.6 Å². The Kier molecular flexibility index (Phi) is 6.21. The van der Waals surface area contributed by atoms with Crippen molar-refractivity contribution in [3.63, 3.8) is 0 Å². The van der Waals surface area contributed by atoms with Gasteiger partial charge in [0, 0.05) is 18.8 Å². The van der Waals surface area contributed by atoms with Crippen molar-refractivity contribution in [3.8, 4) is 0 Å². The fourth-order valence-electron chi connectivity index (χ4n) is 3.00. The first-order chi connectivity index (χ1) is 13.4. The Balaban J connectivity index is 1.91. The minimum Gasteiger partial charge on any atom is -0.465 e. The van der Waals surface area contributed by atoms with Crippen LogP contribution < -0.4 is 10.0 Å². The maximum Gasteiger partial charge on any atom is 0.337 e. The van der Waals surface area contributed by atoms with Crippen LogP contribution in [0, 0.1) is 6.92 Å². The number of ether oxygens (including phenoxy) is 2. The maximum atomic E-state index is 13.0. The van der Waals surface area contributed by atoms with Crippen LogP contribution in [0.2, 0.25) is 0 Å². The Morgan fingerprint density at radius 1 is 1.21 bits per heavy atom. The normalized spacial score (nSPS) is 16.6. The van der Waals surface area contributed by atoms with Gasteiger partial charge in [0.2, 0.25) is 0 Å². The Bertz CT molecular complexity index is 936. The maximum absolute atomic E-state index is 13.0. The van der Waals surface area contributed by atoms with Crippen molar-refractivity contribution in [2.45, 2.75) is 30.8 Å². The molecule has 1 fully saturated rings. The quantitative estimate of drug-likeness (QED) is 0.689. The molecule has 7 nitrogen and oxygen atoms in total. The zero-order valence-electron chi connectivity index (χ0n) is 15.9. The number of esters is 1. The van der Waals surface area contributed by atoms with Gasteiger partial charge in [-0.2, -0.15) is 0 Å². The Hall–Kier alpha value is -2.58. The van der Waals surface area contributed by atoms with E-state index in [1.807, 2.05) is 19.1 Å². The van der Waals surface area contributed by atoms with Gasteiger partial charge in [-0.3, -0.25) is 4.72 Å². The molecule has 0 unspecified atom stereocenters. The van der Waals surface area contributed by atoms with Gasteiger partial charge in [0.15, 0.2) is 0 Å². The third-order valence-corrected chi connectivity index (χ3v) is 5.96. The van der Waals surface area contributed by atoms with Crippen molar-refractivity contribution in [2.24, 2.45) is 0 Å². The van der Waals surface area contributed by atoms with E-state index in [4.69, 9.17) is 9.47 Å². The SMILES string of the molecule is COC(=O)c1ccc(NC[C@@H]2CCCO2)c(S(=O)(=O)Nc2ccc(C)cc2)c1. The average Bonchev–Trinajstić information content (AvgIpc) is 3.21. The van der Waals surface area contributed by atoms with Crippen LogP contribution in [0.4, 0.5) is 11.4 Å². The third kappa shape index (κ3) is 4.82. The van der Waals surface area contributed by atoms with Crippen LogP contribution in [-0.2, 0) is 19.5 Å². The van der Waals surface area contributed by atoms with Crippen LogP contribution in [0.1, 0.15) is 28.8 Å². The summed E-state index contributed by atoms with van der Waals surface area (Å²) in [4.78, 5) is 11.9. The molecular formula is C20H24N2O5S. The minimum atomic E-state index is -3.93. The average molecular weight is 404 g/mol. The smallest absolute Gasteiger partial charge is 0.337 e. The number of anilines is 2. The lowest BCUT2D eigenvalue weighted by atomic mass is 10.2. The molecular weight excluding hydrogens is 380 g/mol. The molecule has 1 heterocycles. The van der Waals surface area contributed by atoms with Crippen LogP contribution in [0.5, 0.6) is 0 Å². The van der Waals surface area contributed by atoms with Crippen molar-refractivity contribution in [2.75, 3.05) is 30.3 Å². The number of methoxy groups -OCH3 is 1. The number of nitrogens with one attached hydrogen (secondary N) is 2. The molecule has 0 radical (unpaired) electrons. The van der Waals surface area contributed by atoms with E-state index in [1.165, 1.54) is 19.2 Å². The molecule has 0 saturated carbocycles. The number of hydrogen-bond donors (Lipinski definition) is 2. The molecule has 0 aliphatic carbocycles. The lowest BCUT2D eigenvalue weighted by Gasteiger charge is -2.17. The van der Waals surface area contributed by atoms with Crippen LogP contribution in [0.3, 0.4) is 0 Å². The summed E-state index contributed by atoms with van der Waals surface area (Å²) in [6, 6.07) is 11.4. The zero-order valence-corrected chi connectivity index (χ0v) is 16.7. The molecule has 1 aliphatic rings. The van der Waals surface area contributed by atoms with Crippen molar-refractivity contribution in [3.05, 3.63) is 53.6 Å². The third-order valence-electron chi connectivity index (χ3n) is 4.54. The van der Waals surface area contributed by atoms with E-state index in [1.54, 1.807) is 18.2 Å². The van der Waals surface area contributed by atoms with Crippen molar-refractivity contribution in [1.82, 2.24) is 0 Å². The van der Waals surface area contributed by atoms with Crippen LogP contribution in [0.25, 0.3) is 0 Å². The fourth-order valence-corrected chi connectivity index (χ4v) is 4.26. The first-order valence-electron chi connectivity index (χ1n) is 9.06. The lowest BCUT2D eigenvalue weighted by Crippen LogP contribution is -2.21. The highest BCUT2D eigenvalue weighted by Crippen LogP contribution is 2.26. The fraction of sp³-hybridized carbons (Fsp3) is 0.350. The van der Waals surface area contributed by atoms with E-state index in [9.17, 15) is 13.2 Å². The highest BCUT2D eigenvalue weighted by molar-refractivity contribution is 7.92.